The van der Waals surface area contributed by atoms with Gasteiger partial charge in [-0.1, -0.05) is 6.07 Å². The van der Waals surface area contributed by atoms with Crippen LogP contribution in [-0.2, 0) is 10.9 Å². The average molecular weight is 456 g/mol. The summed E-state index contributed by atoms with van der Waals surface area (Å²) in [5, 5.41) is 41.8. The average Bonchev–Trinajstić information content (AvgIpc) is 3.26. The van der Waals surface area contributed by atoms with E-state index in [-0.39, 0.29) is 22.4 Å². The molecular formula is C20H19F3N2O7. The molecule has 1 fully saturated rings. The number of benzene rings is 1. The number of furan rings is 1. The number of fused-ring (bicyclic) bond motifs is 1. The molecule has 3 heterocycles. The molecule has 0 spiro atoms. The van der Waals surface area contributed by atoms with Crippen LogP contribution >= 0.6 is 0 Å². The van der Waals surface area contributed by atoms with Crippen LogP contribution in [0.4, 0.5) is 18.9 Å². The van der Waals surface area contributed by atoms with E-state index in [0.29, 0.717) is 0 Å². The molecule has 0 aliphatic carbocycles. The van der Waals surface area contributed by atoms with Crippen LogP contribution < -0.4 is 10.9 Å². The Morgan fingerprint density at radius 3 is 2.50 bits per heavy atom. The molecular weight excluding hydrogens is 437 g/mol. The number of aliphatic hydroxyl groups excluding tert-OH is 4. The van der Waals surface area contributed by atoms with Crippen LogP contribution in [0.3, 0.4) is 0 Å². The first-order valence-electron chi connectivity index (χ1n) is 9.50. The van der Waals surface area contributed by atoms with Crippen molar-refractivity contribution in [2.24, 2.45) is 0 Å². The highest BCUT2D eigenvalue weighted by atomic mass is 19.4. The van der Waals surface area contributed by atoms with Gasteiger partial charge in [0, 0.05) is 11.1 Å². The molecule has 12 heteroatoms. The number of halogens is 3. The summed E-state index contributed by atoms with van der Waals surface area (Å²) in [5.74, 6) is -0.235. The lowest BCUT2D eigenvalue weighted by Gasteiger charge is -2.40. The maximum absolute atomic E-state index is 13.9. The fraction of sp³-hybridized carbons (Fsp3) is 0.350. The van der Waals surface area contributed by atoms with E-state index in [4.69, 9.17) is 14.3 Å². The van der Waals surface area contributed by atoms with E-state index in [1.165, 1.54) is 24.3 Å². The van der Waals surface area contributed by atoms with Crippen molar-refractivity contribution in [3.8, 4) is 11.3 Å². The Hall–Kier alpha value is -2.90. The second kappa shape index (κ2) is 8.22. The second-order valence-electron chi connectivity index (χ2n) is 7.34. The van der Waals surface area contributed by atoms with Gasteiger partial charge in [-0.05, 0) is 24.3 Å². The van der Waals surface area contributed by atoms with Crippen molar-refractivity contribution in [3.63, 3.8) is 0 Å². The third-order valence-electron chi connectivity index (χ3n) is 5.30. The Kier molecular flexibility index (Phi) is 5.73. The van der Waals surface area contributed by atoms with Gasteiger partial charge in [-0.3, -0.25) is 4.79 Å². The van der Waals surface area contributed by atoms with E-state index in [1.807, 2.05) is 0 Å². The summed E-state index contributed by atoms with van der Waals surface area (Å²) >= 11 is 0. The molecule has 0 saturated carbocycles. The zero-order valence-corrected chi connectivity index (χ0v) is 16.2. The van der Waals surface area contributed by atoms with E-state index in [2.05, 4.69) is 10.3 Å². The first kappa shape index (κ1) is 22.3. The minimum atomic E-state index is -4.86. The minimum Gasteiger partial charge on any atom is -0.464 e. The monoisotopic (exact) mass is 456 g/mol. The summed E-state index contributed by atoms with van der Waals surface area (Å²) in [6, 6.07) is 4.93. The SMILES string of the molecule is O=c1[nH]c2cc(N[C@@H]3C(O)OC(CO)[C@@H](O)C3O)ccc2c(C(F)(F)F)c1-c1ccco1. The van der Waals surface area contributed by atoms with Crippen LogP contribution in [0.2, 0.25) is 0 Å². The predicted octanol–water partition coefficient (Wildman–Crippen LogP) is 1.02. The van der Waals surface area contributed by atoms with Crippen LogP contribution in [0, 0.1) is 0 Å². The lowest BCUT2D eigenvalue weighted by molar-refractivity contribution is -0.245. The number of aromatic amines is 1. The molecule has 0 bridgehead atoms. The number of ether oxygens (including phenoxy) is 1. The molecule has 9 nitrogen and oxygen atoms in total. The number of hydrogen-bond acceptors (Lipinski definition) is 8. The van der Waals surface area contributed by atoms with E-state index in [0.717, 1.165) is 12.3 Å². The van der Waals surface area contributed by atoms with E-state index < -0.39 is 60.1 Å². The number of rotatable bonds is 4. The summed E-state index contributed by atoms with van der Waals surface area (Å²) < 4.78 is 51.8. The molecule has 0 radical (unpaired) electrons. The number of anilines is 1. The van der Waals surface area contributed by atoms with Crippen molar-refractivity contribution in [3.05, 3.63) is 52.5 Å². The Bertz CT molecular complexity index is 1160. The molecule has 4 rings (SSSR count). The van der Waals surface area contributed by atoms with Crippen molar-refractivity contribution in [1.29, 1.82) is 0 Å². The zero-order valence-electron chi connectivity index (χ0n) is 16.2. The van der Waals surface area contributed by atoms with Crippen LogP contribution in [-0.4, -0.2) is 62.7 Å². The molecule has 2 aromatic heterocycles. The maximum atomic E-state index is 13.9. The quantitative estimate of drug-likeness (QED) is 0.341. The summed E-state index contributed by atoms with van der Waals surface area (Å²) in [6.07, 6.45) is -9.62. The Morgan fingerprint density at radius 2 is 1.88 bits per heavy atom. The van der Waals surface area contributed by atoms with Gasteiger partial charge >= 0.3 is 6.18 Å². The number of hydrogen-bond donors (Lipinski definition) is 6. The first-order chi connectivity index (χ1) is 15.1. The fourth-order valence-corrected chi connectivity index (χ4v) is 3.78. The zero-order chi connectivity index (χ0) is 23.2. The van der Waals surface area contributed by atoms with Crippen molar-refractivity contribution >= 4 is 16.6 Å². The number of aliphatic hydroxyl groups is 4. The number of aromatic nitrogens is 1. The lowest BCUT2D eigenvalue weighted by Crippen LogP contribution is -2.61. The molecule has 3 aromatic rings. The van der Waals surface area contributed by atoms with Crippen molar-refractivity contribution < 1.29 is 42.8 Å². The Morgan fingerprint density at radius 1 is 1.12 bits per heavy atom. The smallest absolute Gasteiger partial charge is 0.417 e. The van der Waals surface area contributed by atoms with Gasteiger partial charge in [-0.25, -0.2) is 0 Å². The summed E-state index contributed by atoms with van der Waals surface area (Å²) in [4.78, 5) is 14.9. The van der Waals surface area contributed by atoms with Gasteiger partial charge < -0.3 is 39.9 Å². The largest absolute Gasteiger partial charge is 0.464 e. The van der Waals surface area contributed by atoms with Gasteiger partial charge in [0.25, 0.3) is 5.56 Å². The molecule has 5 atom stereocenters. The van der Waals surface area contributed by atoms with Crippen LogP contribution in [0.25, 0.3) is 22.2 Å². The third-order valence-corrected chi connectivity index (χ3v) is 5.30. The molecule has 6 N–H and O–H groups in total. The van der Waals surface area contributed by atoms with Gasteiger partial charge in [0.2, 0.25) is 0 Å². The fourth-order valence-electron chi connectivity index (χ4n) is 3.78. The van der Waals surface area contributed by atoms with Crippen LogP contribution in [0.1, 0.15) is 5.56 Å². The summed E-state index contributed by atoms with van der Waals surface area (Å²) in [6.45, 7) is -0.641. The van der Waals surface area contributed by atoms with Crippen molar-refractivity contribution in [2.45, 2.75) is 36.8 Å². The summed E-state index contributed by atoms with van der Waals surface area (Å²) in [7, 11) is 0. The highest BCUT2D eigenvalue weighted by Crippen LogP contribution is 2.40. The molecule has 172 valence electrons. The molecule has 0 amide bonds. The third kappa shape index (κ3) is 3.87. The molecule has 32 heavy (non-hydrogen) atoms. The Balaban J connectivity index is 1.76. The predicted molar refractivity (Wildman–Crippen MR) is 105 cm³/mol. The maximum Gasteiger partial charge on any atom is 0.417 e. The molecule has 1 aliphatic heterocycles. The number of H-pyrrole nitrogens is 1. The van der Waals surface area contributed by atoms with Crippen LogP contribution in [0.15, 0.2) is 45.8 Å². The normalized spacial score (nSPS) is 26.4. The molecule has 1 aromatic carbocycles. The lowest BCUT2D eigenvalue weighted by atomic mass is 9.96. The van der Waals surface area contributed by atoms with Gasteiger partial charge in [-0.15, -0.1) is 0 Å². The summed E-state index contributed by atoms with van der Waals surface area (Å²) in [5.41, 5.74) is -2.86. The Labute approximate surface area is 177 Å². The molecule has 1 saturated heterocycles. The van der Waals surface area contributed by atoms with E-state index in [1.54, 1.807) is 0 Å². The van der Waals surface area contributed by atoms with Gasteiger partial charge in [0.1, 0.15) is 30.1 Å². The van der Waals surface area contributed by atoms with Crippen LogP contribution in [0.5, 0.6) is 0 Å². The highest BCUT2D eigenvalue weighted by Gasteiger charge is 2.44. The number of nitrogens with one attached hydrogen (secondary N) is 2. The minimum absolute atomic E-state index is 0.133. The molecule has 1 aliphatic rings. The standard InChI is InChI=1S/C20H19F3N2O7/c21-20(22,23)14-9-4-3-8(24-15-17(28)16(27)12(7-26)32-19(15)30)6-10(9)25-18(29)13(14)11-2-1-5-31-11/h1-6,12,15-17,19,24,26-28,30H,7H2,(H,25,29)/t12?,15-,16+,17?,19?/m0/s1. The highest BCUT2D eigenvalue weighted by molar-refractivity contribution is 5.90. The van der Waals surface area contributed by atoms with E-state index in [9.17, 15) is 33.3 Å². The second-order valence-corrected chi connectivity index (χ2v) is 7.34. The van der Waals surface area contributed by atoms with Gasteiger partial charge in [-0.2, -0.15) is 13.2 Å². The van der Waals surface area contributed by atoms with Crippen molar-refractivity contribution in [2.75, 3.05) is 11.9 Å². The molecule has 3 unspecified atom stereocenters. The van der Waals surface area contributed by atoms with Gasteiger partial charge in [0.05, 0.1) is 29.5 Å². The van der Waals surface area contributed by atoms with Crippen molar-refractivity contribution in [1.82, 2.24) is 4.98 Å². The number of pyridine rings is 1. The van der Waals surface area contributed by atoms with Gasteiger partial charge in [0.15, 0.2) is 6.29 Å². The number of alkyl halides is 3. The van der Waals surface area contributed by atoms with E-state index >= 15 is 0 Å². The first-order valence-corrected chi connectivity index (χ1v) is 9.50. The topological polar surface area (TPSA) is 148 Å².